The van der Waals surface area contributed by atoms with Crippen molar-refractivity contribution in [3.8, 4) is 0 Å². The Morgan fingerprint density at radius 1 is 1.70 bits per heavy atom. The average Bonchev–Trinajstić information content (AvgIpc) is 2.37. The Kier molecular flexibility index (Phi) is 2.17. The first-order chi connectivity index (χ1) is 4.86. The van der Waals surface area contributed by atoms with Crippen LogP contribution in [0, 0.1) is 0 Å². The molecule has 1 rings (SSSR count). The third-order valence-electron chi connectivity index (χ3n) is 1.07. The summed E-state index contributed by atoms with van der Waals surface area (Å²) < 4.78 is 0. The fourth-order valence-electron chi connectivity index (χ4n) is 0.615. The fraction of sp³-hybridized carbons (Fsp3) is 0.250. The van der Waals surface area contributed by atoms with Gasteiger partial charge in [-0.3, -0.25) is 4.99 Å². The quantitative estimate of drug-likeness (QED) is 0.213. The van der Waals surface area contributed by atoms with Crippen LogP contribution in [0.2, 0.25) is 0 Å². The van der Waals surface area contributed by atoms with Gasteiger partial charge in [-0.05, 0) is 0 Å². The first-order valence-corrected chi connectivity index (χ1v) is 2.79. The van der Waals surface area contributed by atoms with Gasteiger partial charge < -0.3 is 11.6 Å². The second kappa shape index (κ2) is 3.12. The van der Waals surface area contributed by atoms with Crippen molar-refractivity contribution in [2.75, 3.05) is 6.54 Å². The SMILES string of the molecule is NCC1=CN=C(N=NN)[B]1. The van der Waals surface area contributed by atoms with Crippen molar-refractivity contribution < 1.29 is 0 Å². The van der Waals surface area contributed by atoms with E-state index >= 15 is 0 Å². The summed E-state index contributed by atoms with van der Waals surface area (Å²) in [6, 6.07) is 0. The monoisotopic (exact) mass is 136 g/mol. The van der Waals surface area contributed by atoms with E-state index < -0.39 is 0 Å². The molecule has 10 heavy (non-hydrogen) atoms. The predicted molar refractivity (Wildman–Crippen MR) is 39.4 cm³/mol. The van der Waals surface area contributed by atoms with Gasteiger partial charge in [0.1, 0.15) is 5.73 Å². The van der Waals surface area contributed by atoms with Crippen LogP contribution in [-0.2, 0) is 0 Å². The molecular weight excluding hydrogens is 129 g/mol. The van der Waals surface area contributed by atoms with Gasteiger partial charge in [-0.1, -0.05) is 10.7 Å². The molecule has 51 valence electrons. The minimum atomic E-state index is 0.465. The highest BCUT2D eigenvalue weighted by molar-refractivity contribution is 6.81. The Morgan fingerprint density at radius 2 is 2.50 bits per heavy atom. The van der Waals surface area contributed by atoms with E-state index in [1.54, 1.807) is 13.5 Å². The van der Waals surface area contributed by atoms with E-state index in [1.807, 2.05) is 0 Å². The summed E-state index contributed by atoms with van der Waals surface area (Å²) in [5.41, 5.74) is 6.75. The normalized spacial score (nSPS) is 16.9. The molecule has 0 amide bonds. The molecule has 0 bridgehead atoms. The van der Waals surface area contributed by atoms with Crippen LogP contribution in [0.1, 0.15) is 0 Å². The Labute approximate surface area is 59.1 Å². The highest BCUT2D eigenvalue weighted by atomic mass is 15.3. The Balaban J connectivity index is 2.48. The molecule has 0 saturated heterocycles. The summed E-state index contributed by atoms with van der Waals surface area (Å²) in [5, 5.41) is 6.59. The summed E-state index contributed by atoms with van der Waals surface area (Å²) in [7, 11) is 1.73. The van der Waals surface area contributed by atoms with E-state index in [-0.39, 0.29) is 0 Å². The molecule has 0 aromatic heterocycles. The molecule has 1 heterocycles. The number of nitrogens with zero attached hydrogens (tertiary/aromatic N) is 3. The van der Waals surface area contributed by atoms with Crippen molar-refractivity contribution in [3.63, 3.8) is 0 Å². The van der Waals surface area contributed by atoms with E-state index in [1.165, 1.54) is 0 Å². The van der Waals surface area contributed by atoms with Crippen molar-refractivity contribution in [2.24, 2.45) is 26.9 Å². The summed E-state index contributed by atoms with van der Waals surface area (Å²) in [4.78, 5) is 3.86. The maximum absolute atomic E-state index is 5.32. The third-order valence-corrected chi connectivity index (χ3v) is 1.07. The lowest BCUT2D eigenvalue weighted by Gasteiger charge is -1.89. The van der Waals surface area contributed by atoms with Gasteiger partial charge in [0.2, 0.25) is 7.28 Å². The molecule has 4 N–H and O–H groups in total. The maximum Gasteiger partial charge on any atom is 0.244 e. The molecular formula is C4H7BN5. The molecule has 0 atom stereocenters. The molecule has 0 aliphatic carbocycles. The molecule has 0 spiro atoms. The van der Waals surface area contributed by atoms with Crippen molar-refractivity contribution in [1.29, 1.82) is 0 Å². The number of hydrogen-bond donors (Lipinski definition) is 2. The van der Waals surface area contributed by atoms with Gasteiger partial charge in [0.05, 0.1) is 0 Å². The van der Waals surface area contributed by atoms with Gasteiger partial charge in [-0.25, -0.2) is 0 Å². The molecule has 0 aromatic carbocycles. The fourth-order valence-corrected chi connectivity index (χ4v) is 0.615. The van der Waals surface area contributed by atoms with Gasteiger partial charge in [0.15, 0.2) is 0 Å². The lowest BCUT2D eigenvalue weighted by atomic mass is 9.70. The van der Waals surface area contributed by atoms with E-state index in [0.29, 0.717) is 12.3 Å². The molecule has 1 aliphatic rings. The zero-order chi connectivity index (χ0) is 7.40. The van der Waals surface area contributed by atoms with Gasteiger partial charge in [-0.15, -0.1) is 5.11 Å². The van der Waals surface area contributed by atoms with Crippen LogP contribution in [0.15, 0.2) is 27.0 Å². The van der Waals surface area contributed by atoms with Gasteiger partial charge >= 0.3 is 0 Å². The van der Waals surface area contributed by atoms with Crippen LogP contribution in [0.4, 0.5) is 0 Å². The first-order valence-electron chi connectivity index (χ1n) is 2.79. The van der Waals surface area contributed by atoms with E-state index in [9.17, 15) is 0 Å². The van der Waals surface area contributed by atoms with Gasteiger partial charge in [-0.2, -0.15) is 0 Å². The molecule has 1 aliphatic heterocycles. The third kappa shape index (κ3) is 1.41. The van der Waals surface area contributed by atoms with E-state index in [2.05, 4.69) is 15.3 Å². The van der Waals surface area contributed by atoms with Crippen LogP contribution < -0.4 is 11.6 Å². The largest absolute Gasteiger partial charge is 0.327 e. The van der Waals surface area contributed by atoms with Crippen molar-refractivity contribution >= 4 is 13.0 Å². The second-order valence-electron chi connectivity index (χ2n) is 1.76. The van der Waals surface area contributed by atoms with Crippen molar-refractivity contribution in [2.45, 2.75) is 0 Å². The maximum atomic E-state index is 5.32. The van der Waals surface area contributed by atoms with Gasteiger partial charge in [0, 0.05) is 12.7 Å². The Hall–Kier alpha value is -1.17. The smallest absolute Gasteiger partial charge is 0.244 e. The molecule has 0 aromatic rings. The topological polar surface area (TPSA) is 89.1 Å². The van der Waals surface area contributed by atoms with Crippen LogP contribution in [0.5, 0.6) is 0 Å². The molecule has 6 heteroatoms. The zero-order valence-corrected chi connectivity index (χ0v) is 5.36. The van der Waals surface area contributed by atoms with Gasteiger partial charge in [0.25, 0.3) is 0 Å². The van der Waals surface area contributed by atoms with Crippen LogP contribution in [0.25, 0.3) is 0 Å². The highest BCUT2D eigenvalue weighted by Crippen LogP contribution is 2.01. The number of amidine groups is 1. The average molecular weight is 136 g/mol. The summed E-state index contributed by atoms with van der Waals surface area (Å²) >= 11 is 0. The summed E-state index contributed by atoms with van der Waals surface area (Å²) in [5.74, 6) is 4.80. The minimum absolute atomic E-state index is 0.465. The lowest BCUT2D eigenvalue weighted by molar-refractivity contribution is 1.09. The molecule has 1 radical (unpaired) electrons. The zero-order valence-electron chi connectivity index (χ0n) is 5.36. The van der Waals surface area contributed by atoms with E-state index in [4.69, 9.17) is 11.6 Å². The predicted octanol–water partition coefficient (Wildman–Crippen LogP) is -0.814. The number of rotatable bonds is 1. The van der Waals surface area contributed by atoms with Crippen LogP contribution in [-0.4, -0.2) is 19.6 Å². The molecule has 0 unspecified atom stereocenters. The van der Waals surface area contributed by atoms with Crippen molar-refractivity contribution in [1.82, 2.24) is 0 Å². The first kappa shape index (κ1) is 6.95. The van der Waals surface area contributed by atoms with E-state index in [0.717, 1.165) is 5.47 Å². The second-order valence-corrected chi connectivity index (χ2v) is 1.76. The molecule has 0 fully saturated rings. The Morgan fingerprint density at radius 3 is 3.00 bits per heavy atom. The van der Waals surface area contributed by atoms with Crippen molar-refractivity contribution in [3.05, 3.63) is 11.7 Å². The summed E-state index contributed by atoms with van der Waals surface area (Å²) in [6.45, 7) is 0.465. The standard InChI is InChI=1S/C4H7BN5/c6-1-3-2-8-4(5-3)9-10-7/h2H,1,6H2,(H2,7,8,9). The lowest BCUT2D eigenvalue weighted by Crippen LogP contribution is -2.12. The molecule has 5 nitrogen and oxygen atoms in total. The highest BCUT2D eigenvalue weighted by Gasteiger charge is 2.09. The number of nitrogens with two attached hydrogens (primary N) is 2. The van der Waals surface area contributed by atoms with Crippen LogP contribution >= 0.6 is 0 Å². The number of hydrogen-bond acceptors (Lipinski definition) is 4. The molecule has 0 saturated carbocycles. The summed E-state index contributed by atoms with van der Waals surface area (Å²) in [6.07, 6.45) is 1.64. The number of aliphatic imine (C=N–C) groups is 1. The van der Waals surface area contributed by atoms with Crippen LogP contribution in [0.3, 0.4) is 0 Å². The Bertz CT molecular complexity index is 206. The minimum Gasteiger partial charge on any atom is -0.327 e.